The van der Waals surface area contributed by atoms with E-state index in [0.717, 1.165) is 17.0 Å². The molecule has 3 rings (SSSR count). The maximum absolute atomic E-state index is 6.25. The van der Waals surface area contributed by atoms with Crippen molar-refractivity contribution in [3.63, 3.8) is 0 Å². The second-order valence-corrected chi connectivity index (χ2v) is 6.42. The highest BCUT2D eigenvalue weighted by molar-refractivity contribution is 5.74. The summed E-state index contributed by atoms with van der Waals surface area (Å²) in [6, 6.07) is 5.94. The van der Waals surface area contributed by atoms with Gasteiger partial charge in [-0.25, -0.2) is 0 Å². The van der Waals surface area contributed by atoms with Crippen LogP contribution in [-0.2, 0) is 7.05 Å². The van der Waals surface area contributed by atoms with Gasteiger partial charge in [0.05, 0.1) is 17.0 Å². The fourth-order valence-electron chi connectivity index (χ4n) is 3.41. The van der Waals surface area contributed by atoms with Crippen molar-refractivity contribution in [2.75, 3.05) is 5.73 Å². The van der Waals surface area contributed by atoms with Gasteiger partial charge in [0.2, 0.25) is 0 Å². The molecule has 4 nitrogen and oxygen atoms in total. The zero-order valence-corrected chi connectivity index (χ0v) is 12.4. The van der Waals surface area contributed by atoms with Crippen LogP contribution in [0, 0.1) is 5.41 Å². The Morgan fingerprint density at radius 3 is 2.75 bits per heavy atom. The summed E-state index contributed by atoms with van der Waals surface area (Å²) in [5.74, 6) is 1.17. The smallest absolute Gasteiger partial charge is 0.131 e. The third kappa shape index (κ3) is 1.99. The Morgan fingerprint density at radius 1 is 1.35 bits per heavy atom. The molecule has 0 aromatic carbocycles. The molecule has 1 fully saturated rings. The van der Waals surface area contributed by atoms with E-state index in [4.69, 9.17) is 10.8 Å². The van der Waals surface area contributed by atoms with Crippen LogP contribution < -0.4 is 5.73 Å². The van der Waals surface area contributed by atoms with Crippen LogP contribution in [0.3, 0.4) is 0 Å². The van der Waals surface area contributed by atoms with Gasteiger partial charge in [0.1, 0.15) is 5.82 Å². The fourth-order valence-corrected chi connectivity index (χ4v) is 3.41. The SMILES string of the molecule is Cn1nc(C2CCCC2(C)C)c(-c2ccccn2)c1N. The largest absolute Gasteiger partial charge is 0.383 e. The van der Waals surface area contributed by atoms with E-state index in [1.807, 2.05) is 31.4 Å². The van der Waals surface area contributed by atoms with E-state index >= 15 is 0 Å². The first-order valence-electron chi connectivity index (χ1n) is 7.24. The number of nitrogen functional groups attached to an aromatic ring is 1. The minimum absolute atomic E-state index is 0.282. The average Bonchev–Trinajstić information content (AvgIpc) is 2.91. The topological polar surface area (TPSA) is 56.7 Å². The van der Waals surface area contributed by atoms with Gasteiger partial charge in [0, 0.05) is 19.2 Å². The molecule has 4 heteroatoms. The molecule has 2 aromatic heterocycles. The van der Waals surface area contributed by atoms with Crippen LogP contribution in [0.15, 0.2) is 24.4 Å². The Bertz CT molecular complexity index is 613. The van der Waals surface area contributed by atoms with Crippen molar-refractivity contribution in [1.29, 1.82) is 0 Å². The number of nitrogens with zero attached hydrogens (tertiary/aromatic N) is 3. The summed E-state index contributed by atoms with van der Waals surface area (Å²) in [7, 11) is 1.91. The van der Waals surface area contributed by atoms with Crippen molar-refractivity contribution in [3.05, 3.63) is 30.1 Å². The van der Waals surface area contributed by atoms with Gasteiger partial charge in [0.25, 0.3) is 0 Å². The van der Waals surface area contributed by atoms with Crippen LogP contribution in [0.25, 0.3) is 11.3 Å². The van der Waals surface area contributed by atoms with Gasteiger partial charge >= 0.3 is 0 Å². The van der Waals surface area contributed by atoms with Crippen molar-refractivity contribution in [1.82, 2.24) is 14.8 Å². The normalized spacial score (nSPS) is 21.2. The van der Waals surface area contributed by atoms with E-state index in [0.29, 0.717) is 11.7 Å². The second kappa shape index (κ2) is 4.62. The Balaban J connectivity index is 2.15. The van der Waals surface area contributed by atoms with E-state index in [1.54, 1.807) is 4.68 Å². The number of aryl methyl sites for hydroxylation is 1. The minimum atomic E-state index is 0.282. The molecule has 0 aliphatic heterocycles. The number of aromatic nitrogens is 3. The molecule has 2 aromatic rings. The predicted octanol–water partition coefficient (Wildman–Crippen LogP) is 3.36. The van der Waals surface area contributed by atoms with Crippen LogP contribution in [0.4, 0.5) is 5.82 Å². The summed E-state index contributed by atoms with van der Waals surface area (Å²) in [4.78, 5) is 4.47. The van der Waals surface area contributed by atoms with Crippen LogP contribution in [-0.4, -0.2) is 14.8 Å². The van der Waals surface area contributed by atoms with Gasteiger partial charge < -0.3 is 5.73 Å². The van der Waals surface area contributed by atoms with Crippen molar-refractivity contribution in [2.24, 2.45) is 12.5 Å². The van der Waals surface area contributed by atoms with Gasteiger partial charge in [-0.1, -0.05) is 26.3 Å². The molecule has 0 saturated heterocycles. The number of pyridine rings is 1. The lowest BCUT2D eigenvalue weighted by molar-refractivity contribution is 0.326. The van der Waals surface area contributed by atoms with Gasteiger partial charge in [-0.05, 0) is 30.4 Å². The number of anilines is 1. The third-order valence-electron chi connectivity index (χ3n) is 4.63. The molecular weight excluding hydrogens is 248 g/mol. The maximum Gasteiger partial charge on any atom is 0.131 e. The van der Waals surface area contributed by atoms with Gasteiger partial charge in [-0.15, -0.1) is 0 Å². The maximum atomic E-state index is 6.25. The molecule has 0 bridgehead atoms. The summed E-state index contributed by atoms with van der Waals surface area (Å²) in [5, 5.41) is 4.72. The summed E-state index contributed by atoms with van der Waals surface area (Å²) < 4.78 is 1.79. The zero-order chi connectivity index (χ0) is 14.3. The third-order valence-corrected chi connectivity index (χ3v) is 4.63. The van der Waals surface area contributed by atoms with Gasteiger partial charge in [-0.2, -0.15) is 5.10 Å². The Hall–Kier alpha value is -1.84. The lowest BCUT2D eigenvalue weighted by atomic mass is 9.78. The average molecular weight is 270 g/mol. The first kappa shape index (κ1) is 13.2. The number of hydrogen-bond acceptors (Lipinski definition) is 3. The number of hydrogen-bond donors (Lipinski definition) is 1. The molecule has 1 aliphatic carbocycles. The Labute approximate surface area is 120 Å². The molecule has 1 aliphatic rings. The van der Waals surface area contributed by atoms with Crippen molar-refractivity contribution >= 4 is 5.82 Å². The summed E-state index contributed by atoms with van der Waals surface area (Å²) >= 11 is 0. The highest BCUT2D eigenvalue weighted by atomic mass is 15.3. The van der Waals surface area contributed by atoms with E-state index in [-0.39, 0.29) is 5.41 Å². The van der Waals surface area contributed by atoms with E-state index in [2.05, 4.69) is 18.8 Å². The summed E-state index contributed by atoms with van der Waals surface area (Å²) in [5.41, 5.74) is 9.60. The molecule has 0 amide bonds. The molecule has 1 atom stereocenters. The predicted molar refractivity (Wildman–Crippen MR) is 81.2 cm³/mol. The summed E-state index contributed by atoms with van der Waals surface area (Å²) in [6.45, 7) is 4.66. The zero-order valence-electron chi connectivity index (χ0n) is 12.4. The van der Waals surface area contributed by atoms with Crippen LogP contribution in [0.2, 0.25) is 0 Å². The second-order valence-electron chi connectivity index (χ2n) is 6.42. The van der Waals surface area contributed by atoms with Crippen molar-refractivity contribution < 1.29 is 0 Å². The molecule has 0 radical (unpaired) electrons. The Morgan fingerprint density at radius 2 is 2.15 bits per heavy atom. The van der Waals surface area contributed by atoms with Crippen molar-refractivity contribution in [2.45, 2.75) is 39.0 Å². The first-order chi connectivity index (χ1) is 9.50. The molecule has 0 spiro atoms. The molecule has 2 N–H and O–H groups in total. The summed E-state index contributed by atoms with van der Waals surface area (Å²) in [6.07, 6.45) is 5.50. The highest BCUT2D eigenvalue weighted by Gasteiger charge is 2.39. The Kier molecular flexibility index (Phi) is 3.04. The minimum Gasteiger partial charge on any atom is -0.383 e. The lowest BCUT2D eigenvalue weighted by Crippen LogP contribution is -2.16. The monoisotopic (exact) mass is 270 g/mol. The van der Waals surface area contributed by atoms with E-state index in [1.165, 1.54) is 19.3 Å². The van der Waals surface area contributed by atoms with E-state index in [9.17, 15) is 0 Å². The standard InChI is InChI=1S/C16H22N4/c1-16(2)9-6-7-11(16)14-13(15(17)20(3)19-14)12-8-4-5-10-18-12/h4-5,8,10-11H,6-7,9,17H2,1-3H3. The molecule has 106 valence electrons. The lowest BCUT2D eigenvalue weighted by Gasteiger charge is -2.26. The first-order valence-corrected chi connectivity index (χ1v) is 7.24. The molecule has 1 saturated carbocycles. The molecule has 20 heavy (non-hydrogen) atoms. The molecule has 2 heterocycles. The van der Waals surface area contributed by atoms with E-state index < -0.39 is 0 Å². The van der Waals surface area contributed by atoms with Gasteiger partial charge in [-0.3, -0.25) is 9.67 Å². The van der Waals surface area contributed by atoms with Crippen LogP contribution in [0.1, 0.15) is 44.7 Å². The number of nitrogens with two attached hydrogens (primary N) is 1. The van der Waals surface area contributed by atoms with Crippen LogP contribution in [0.5, 0.6) is 0 Å². The fraction of sp³-hybridized carbons (Fsp3) is 0.500. The van der Waals surface area contributed by atoms with Crippen LogP contribution >= 0.6 is 0 Å². The molecule has 1 unspecified atom stereocenters. The number of rotatable bonds is 2. The van der Waals surface area contributed by atoms with Crippen molar-refractivity contribution in [3.8, 4) is 11.3 Å². The molecular formula is C16H22N4. The quantitative estimate of drug-likeness (QED) is 0.910. The van der Waals surface area contributed by atoms with Gasteiger partial charge in [0.15, 0.2) is 0 Å². The highest BCUT2D eigenvalue weighted by Crippen LogP contribution is 2.51.